The summed E-state index contributed by atoms with van der Waals surface area (Å²) in [4.78, 5) is 4.68. The summed E-state index contributed by atoms with van der Waals surface area (Å²) < 4.78 is 33.7. The molecule has 1 aromatic heterocycles. The van der Waals surface area contributed by atoms with E-state index in [1.165, 1.54) is 30.0 Å². The van der Waals surface area contributed by atoms with Crippen molar-refractivity contribution in [3.63, 3.8) is 0 Å². The molecule has 0 atom stereocenters. The van der Waals surface area contributed by atoms with Gasteiger partial charge in [0.2, 0.25) is 10.0 Å². The Balaban J connectivity index is 1.18. The molecule has 2 saturated heterocycles. The van der Waals surface area contributed by atoms with Gasteiger partial charge in [0.05, 0.1) is 4.90 Å². The van der Waals surface area contributed by atoms with Gasteiger partial charge in [0.1, 0.15) is 11.5 Å². The Morgan fingerprint density at radius 3 is 1.71 bits per heavy atom. The number of sulfonamides is 1. The van der Waals surface area contributed by atoms with Crippen molar-refractivity contribution < 1.29 is 13.2 Å². The lowest BCUT2D eigenvalue weighted by atomic mass is 10.2. The molecule has 2 fully saturated rings. The first kappa shape index (κ1) is 23.6. The fraction of sp³-hybridized carbons (Fsp3) is 0.385. The molecule has 3 aromatic rings. The molecule has 0 aliphatic carbocycles. The van der Waals surface area contributed by atoms with Crippen LogP contribution in [0.3, 0.4) is 0 Å². The third kappa shape index (κ3) is 5.57. The highest BCUT2D eigenvalue weighted by Crippen LogP contribution is 2.25. The van der Waals surface area contributed by atoms with Crippen LogP contribution in [0.15, 0.2) is 71.6 Å². The van der Waals surface area contributed by atoms with Crippen LogP contribution >= 0.6 is 0 Å². The van der Waals surface area contributed by atoms with Crippen molar-refractivity contribution >= 4 is 21.7 Å². The van der Waals surface area contributed by atoms with Crippen LogP contribution in [0.25, 0.3) is 0 Å². The van der Waals surface area contributed by atoms with Crippen molar-refractivity contribution in [3.8, 4) is 11.5 Å². The number of rotatable bonds is 6. The summed E-state index contributed by atoms with van der Waals surface area (Å²) in [6.07, 6.45) is 4.95. The second-order valence-electron chi connectivity index (χ2n) is 8.93. The van der Waals surface area contributed by atoms with Gasteiger partial charge in [-0.1, -0.05) is 31.0 Å². The summed E-state index contributed by atoms with van der Waals surface area (Å²) in [6.45, 7) is 4.02. The topological polar surface area (TPSA) is 78.9 Å². The first-order chi connectivity index (χ1) is 17.1. The molecule has 2 aromatic carbocycles. The summed E-state index contributed by atoms with van der Waals surface area (Å²) in [7, 11) is -3.57. The molecule has 9 heteroatoms. The standard InChI is InChI=1S/C26H31N5O3S/c32-35(33,24-12-10-23(11-13-24)34-22-8-4-3-5-9-22)31-20-18-30(19-21-31)26-15-14-25(27-28-26)29-16-6-1-2-7-17-29/h3-5,8-15H,1-2,6-7,16-21H2. The van der Waals surface area contributed by atoms with E-state index in [4.69, 9.17) is 4.74 Å². The number of hydrogen-bond acceptors (Lipinski definition) is 7. The molecule has 8 nitrogen and oxygen atoms in total. The maximum Gasteiger partial charge on any atom is 0.243 e. The average Bonchev–Trinajstić information content (AvgIpc) is 3.20. The van der Waals surface area contributed by atoms with Crippen molar-refractivity contribution in [1.29, 1.82) is 0 Å². The van der Waals surface area contributed by atoms with Crippen LogP contribution < -0.4 is 14.5 Å². The van der Waals surface area contributed by atoms with E-state index in [0.29, 0.717) is 37.7 Å². The van der Waals surface area contributed by atoms with E-state index in [9.17, 15) is 8.42 Å². The largest absolute Gasteiger partial charge is 0.457 e. The minimum atomic E-state index is -3.57. The van der Waals surface area contributed by atoms with E-state index in [1.807, 2.05) is 42.5 Å². The summed E-state index contributed by atoms with van der Waals surface area (Å²) in [5, 5.41) is 8.91. The monoisotopic (exact) mass is 493 g/mol. The molecule has 3 heterocycles. The number of hydrogen-bond donors (Lipinski definition) is 0. The van der Waals surface area contributed by atoms with Crippen molar-refractivity contribution in [2.45, 2.75) is 30.6 Å². The summed E-state index contributed by atoms with van der Waals surface area (Å²) in [5.74, 6) is 3.03. The predicted octanol–water partition coefficient (Wildman–Crippen LogP) is 4.16. The second-order valence-corrected chi connectivity index (χ2v) is 10.9. The van der Waals surface area contributed by atoms with Crippen LogP contribution in [0.1, 0.15) is 25.7 Å². The van der Waals surface area contributed by atoms with Gasteiger partial charge in [-0.25, -0.2) is 8.42 Å². The molecule has 0 unspecified atom stereocenters. The maximum absolute atomic E-state index is 13.2. The van der Waals surface area contributed by atoms with Gasteiger partial charge in [-0.05, 0) is 61.4 Å². The summed E-state index contributed by atoms with van der Waals surface area (Å²) in [5.41, 5.74) is 0. The van der Waals surface area contributed by atoms with Gasteiger partial charge in [-0.15, -0.1) is 10.2 Å². The average molecular weight is 494 g/mol. The van der Waals surface area contributed by atoms with E-state index < -0.39 is 10.0 Å². The van der Waals surface area contributed by atoms with E-state index in [1.54, 1.807) is 24.3 Å². The molecule has 0 spiro atoms. The second kappa shape index (κ2) is 10.6. The molecule has 0 amide bonds. The molecule has 184 valence electrons. The molecule has 5 rings (SSSR count). The molecule has 2 aliphatic heterocycles. The molecule has 35 heavy (non-hydrogen) atoms. The van der Waals surface area contributed by atoms with Crippen LogP contribution in [-0.4, -0.2) is 62.2 Å². The lowest BCUT2D eigenvalue weighted by Gasteiger charge is -2.34. The quantitative estimate of drug-likeness (QED) is 0.510. The number of para-hydroxylation sites is 1. The van der Waals surface area contributed by atoms with E-state index in [0.717, 1.165) is 24.7 Å². The number of anilines is 2. The fourth-order valence-corrected chi connectivity index (χ4v) is 5.99. The zero-order valence-electron chi connectivity index (χ0n) is 19.8. The zero-order valence-corrected chi connectivity index (χ0v) is 20.6. The highest BCUT2D eigenvalue weighted by atomic mass is 32.2. The number of aromatic nitrogens is 2. The highest BCUT2D eigenvalue weighted by Gasteiger charge is 2.29. The van der Waals surface area contributed by atoms with Gasteiger partial charge in [0.15, 0.2) is 11.6 Å². The van der Waals surface area contributed by atoms with Gasteiger partial charge >= 0.3 is 0 Å². The van der Waals surface area contributed by atoms with Gasteiger partial charge in [-0.3, -0.25) is 0 Å². The molecule has 0 saturated carbocycles. The summed E-state index contributed by atoms with van der Waals surface area (Å²) >= 11 is 0. The first-order valence-electron chi connectivity index (χ1n) is 12.3. The zero-order chi connectivity index (χ0) is 24.1. The van der Waals surface area contributed by atoms with Gasteiger partial charge < -0.3 is 14.5 Å². The Bertz CT molecular complexity index is 1190. The normalized spacial score (nSPS) is 17.7. The highest BCUT2D eigenvalue weighted by molar-refractivity contribution is 7.89. The van der Waals surface area contributed by atoms with E-state index >= 15 is 0 Å². The lowest BCUT2D eigenvalue weighted by Crippen LogP contribution is -2.49. The van der Waals surface area contributed by atoms with E-state index in [-0.39, 0.29) is 4.90 Å². The Kier molecular flexibility index (Phi) is 7.15. The van der Waals surface area contributed by atoms with Crippen LogP contribution in [0.2, 0.25) is 0 Å². The van der Waals surface area contributed by atoms with Crippen LogP contribution in [0, 0.1) is 0 Å². The Hall–Kier alpha value is -3.17. The molecule has 0 radical (unpaired) electrons. The van der Waals surface area contributed by atoms with Crippen LogP contribution in [-0.2, 0) is 10.0 Å². The Morgan fingerprint density at radius 1 is 0.600 bits per heavy atom. The van der Waals surface area contributed by atoms with Crippen LogP contribution in [0.5, 0.6) is 11.5 Å². The lowest BCUT2D eigenvalue weighted by molar-refractivity contribution is 0.383. The third-order valence-electron chi connectivity index (χ3n) is 6.57. The van der Waals surface area contributed by atoms with Crippen molar-refractivity contribution in [1.82, 2.24) is 14.5 Å². The molecule has 2 aliphatic rings. The fourth-order valence-electron chi connectivity index (χ4n) is 4.57. The number of nitrogens with zero attached hydrogens (tertiary/aromatic N) is 5. The predicted molar refractivity (Wildman–Crippen MR) is 137 cm³/mol. The molecular formula is C26H31N5O3S. The number of piperazine rings is 1. The van der Waals surface area contributed by atoms with Crippen LogP contribution in [0.4, 0.5) is 11.6 Å². The third-order valence-corrected chi connectivity index (χ3v) is 8.48. The van der Waals surface area contributed by atoms with Gasteiger partial charge in [0, 0.05) is 39.3 Å². The number of ether oxygens (including phenoxy) is 1. The number of benzene rings is 2. The SMILES string of the molecule is O=S(=O)(c1ccc(Oc2ccccc2)cc1)N1CCN(c2ccc(N3CCCCCC3)nn2)CC1. The molecule has 0 N–H and O–H groups in total. The molecular weight excluding hydrogens is 462 g/mol. The van der Waals surface area contributed by atoms with Crippen molar-refractivity contribution in [3.05, 3.63) is 66.7 Å². The minimum Gasteiger partial charge on any atom is -0.457 e. The Morgan fingerprint density at radius 2 is 1.14 bits per heavy atom. The van der Waals surface area contributed by atoms with E-state index in [2.05, 4.69) is 20.0 Å². The first-order valence-corrected chi connectivity index (χ1v) is 13.7. The van der Waals surface area contributed by atoms with Crippen molar-refractivity contribution in [2.75, 3.05) is 49.1 Å². The Labute approximate surface area is 207 Å². The smallest absolute Gasteiger partial charge is 0.243 e. The summed E-state index contributed by atoms with van der Waals surface area (Å²) in [6, 6.07) is 20.1. The minimum absolute atomic E-state index is 0.271. The maximum atomic E-state index is 13.2. The van der Waals surface area contributed by atoms with Crippen molar-refractivity contribution in [2.24, 2.45) is 0 Å². The van der Waals surface area contributed by atoms with Gasteiger partial charge in [0.25, 0.3) is 0 Å². The van der Waals surface area contributed by atoms with Gasteiger partial charge in [-0.2, -0.15) is 4.31 Å². The molecule has 0 bridgehead atoms.